The quantitative estimate of drug-likeness (QED) is 0.894. The molecule has 1 saturated carbocycles. The highest BCUT2D eigenvalue weighted by Crippen LogP contribution is 2.29. The second-order valence-electron chi connectivity index (χ2n) is 6.00. The van der Waals surface area contributed by atoms with Crippen LogP contribution in [0.4, 0.5) is 14.5 Å². The molecule has 1 N–H and O–H groups in total. The Bertz CT molecular complexity index is 458. The van der Waals surface area contributed by atoms with Crippen LogP contribution in [0.1, 0.15) is 32.1 Å². The second kappa shape index (κ2) is 6.08. The molecule has 1 aromatic carbocycles. The second-order valence-corrected chi connectivity index (χ2v) is 6.00. The first kappa shape index (κ1) is 13.8. The monoisotopic (exact) mass is 280 g/mol. The molecule has 0 bridgehead atoms. The van der Waals surface area contributed by atoms with Gasteiger partial charge in [0.2, 0.25) is 0 Å². The molecule has 1 unspecified atom stereocenters. The molecule has 2 fully saturated rings. The minimum Gasteiger partial charge on any atom is -0.369 e. The summed E-state index contributed by atoms with van der Waals surface area (Å²) in [5.74, 6) is -0.792. The lowest BCUT2D eigenvalue weighted by atomic mass is 9.83. The molecule has 2 nitrogen and oxygen atoms in total. The maximum absolute atomic E-state index is 13.4. The molecule has 1 heterocycles. The van der Waals surface area contributed by atoms with Crippen LogP contribution in [0.25, 0.3) is 0 Å². The van der Waals surface area contributed by atoms with E-state index in [1.165, 1.54) is 44.2 Å². The van der Waals surface area contributed by atoms with Crippen molar-refractivity contribution in [2.75, 3.05) is 24.5 Å². The number of benzene rings is 1. The third kappa shape index (κ3) is 2.95. The van der Waals surface area contributed by atoms with Crippen LogP contribution in [0.3, 0.4) is 0 Å². The average molecular weight is 280 g/mol. The van der Waals surface area contributed by atoms with Crippen molar-refractivity contribution in [3.8, 4) is 0 Å². The van der Waals surface area contributed by atoms with Crippen LogP contribution in [0.2, 0.25) is 0 Å². The van der Waals surface area contributed by atoms with Crippen LogP contribution < -0.4 is 10.2 Å². The van der Waals surface area contributed by atoms with E-state index in [0.717, 1.165) is 31.2 Å². The standard InChI is InChI=1S/C16H22F2N2/c17-14-7-6-13(10-15(14)18)20-9-8-19-16(11-20)12-4-2-1-3-5-12/h6-7,10,12,16,19H,1-5,8-9,11H2. The van der Waals surface area contributed by atoms with Gasteiger partial charge in [0.05, 0.1) is 0 Å². The van der Waals surface area contributed by atoms with Gasteiger partial charge in [0, 0.05) is 37.4 Å². The number of hydrogen-bond donors (Lipinski definition) is 1. The van der Waals surface area contributed by atoms with Crippen LogP contribution in [0.5, 0.6) is 0 Å². The lowest BCUT2D eigenvalue weighted by molar-refractivity contribution is 0.257. The van der Waals surface area contributed by atoms with Gasteiger partial charge < -0.3 is 10.2 Å². The van der Waals surface area contributed by atoms with Crippen LogP contribution in [0, 0.1) is 17.6 Å². The molecule has 1 aliphatic heterocycles. The molecule has 2 aliphatic rings. The molecule has 0 aromatic heterocycles. The number of piperazine rings is 1. The van der Waals surface area contributed by atoms with Gasteiger partial charge in [0.15, 0.2) is 11.6 Å². The van der Waals surface area contributed by atoms with E-state index in [9.17, 15) is 8.78 Å². The van der Waals surface area contributed by atoms with Gasteiger partial charge in [0.1, 0.15) is 0 Å². The maximum Gasteiger partial charge on any atom is 0.160 e. The van der Waals surface area contributed by atoms with E-state index in [2.05, 4.69) is 10.2 Å². The first-order valence-electron chi connectivity index (χ1n) is 7.67. The normalized spacial score (nSPS) is 24.9. The Morgan fingerprint density at radius 3 is 2.60 bits per heavy atom. The Morgan fingerprint density at radius 2 is 1.85 bits per heavy atom. The summed E-state index contributed by atoms with van der Waals surface area (Å²) in [5.41, 5.74) is 0.797. The van der Waals surface area contributed by atoms with Crippen LogP contribution in [-0.2, 0) is 0 Å². The average Bonchev–Trinajstić information content (AvgIpc) is 2.51. The molecule has 20 heavy (non-hydrogen) atoms. The lowest BCUT2D eigenvalue weighted by Crippen LogP contribution is -2.54. The van der Waals surface area contributed by atoms with Crippen molar-refractivity contribution < 1.29 is 8.78 Å². The zero-order chi connectivity index (χ0) is 13.9. The third-order valence-corrected chi connectivity index (χ3v) is 4.69. The molecular formula is C16H22F2N2. The maximum atomic E-state index is 13.4. The van der Waals surface area contributed by atoms with Crippen LogP contribution >= 0.6 is 0 Å². The number of rotatable bonds is 2. The van der Waals surface area contributed by atoms with Crippen molar-refractivity contribution in [2.24, 2.45) is 5.92 Å². The largest absolute Gasteiger partial charge is 0.369 e. The van der Waals surface area contributed by atoms with Crippen molar-refractivity contribution in [3.63, 3.8) is 0 Å². The molecule has 0 amide bonds. The molecule has 3 rings (SSSR count). The zero-order valence-electron chi connectivity index (χ0n) is 11.7. The molecule has 1 saturated heterocycles. The fourth-order valence-corrected chi connectivity index (χ4v) is 3.55. The molecule has 4 heteroatoms. The fraction of sp³-hybridized carbons (Fsp3) is 0.625. The lowest BCUT2D eigenvalue weighted by Gasteiger charge is -2.40. The highest BCUT2D eigenvalue weighted by atomic mass is 19.2. The van der Waals surface area contributed by atoms with Crippen molar-refractivity contribution in [3.05, 3.63) is 29.8 Å². The highest BCUT2D eigenvalue weighted by Gasteiger charge is 2.28. The third-order valence-electron chi connectivity index (χ3n) is 4.69. The summed E-state index contributed by atoms with van der Waals surface area (Å²) in [7, 11) is 0. The first-order chi connectivity index (χ1) is 9.74. The summed E-state index contributed by atoms with van der Waals surface area (Å²) < 4.78 is 26.4. The predicted octanol–water partition coefficient (Wildman–Crippen LogP) is 3.32. The smallest absolute Gasteiger partial charge is 0.160 e. The van der Waals surface area contributed by atoms with Gasteiger partial charge in [-0.2, -0.15) is 0 Å². The minimum absolute atomic E-state index is 0.483. The highest BCUT2D eigenvalue weighted by molar-refractivity contribution is 5.47. The molecule has 0 spiro atoms. The van der Waals surface area contributed by atoms with Crippen molar-refractivity contribution in [2.45, 2.75) is 38.1 Å². The fourth-order valence-electron chi connectivity index (χ4n) is 3.55. The SMILES string of the molecule is Fc1ccc(N2CCNC(C3CCCCC3)C2)cc1F. The number of anilines is 1. The minimum atomic E-state index is -0.771. The van der Waals surface area contributed by atoms with E-state index >= 15 is 0 Å². The predicted molar refractivity (Wildman–Crippen MR) is 76.9 cm³/mol. The Hall–Kier alpha value is -1.16. The number of nitrogens with zero attached hydrogens (tertiary/aromatic N) is 1. The van der Waals surface area contributed by atoms with E-state index in [1.54, 1.807) is 6.07 Å². The molecule has 1 atom stereocenters. The topological polar surface area (TPSA) is 15.3 Å². The summed E-state index contributed by atoms with van der Waals surface area (Å²) >= 11 is 0. The van der Waals surface area contributed by atoms with Crippen molar-refractivity contribution >= 4 is 5.69 Å². The number of halogens is 2. The van der Waals surface area contributed by atoms with Gasteiger partial charge >= 0.3 is 0 Å². The van der Waals surface area contributed by atoms with Gasteiger partial charge in [-0.25, -0.2) is 8.78 Å². The Morgan fingerprint density at radius 1 is 1.05 bits per heavy atom. The van der Waals surface area contributed by atoms with E-state index in [4.69, 9.17) is 0 Å². The summed E-state index contributed by atoms with van der Waals surface area (Å²) in [5, 5.41) is 3.61. The van der Waals surface area contributed by atoms with Gasteiger partial charge in [0.25, 0.3) is 0 Å². The van der Waals surface area contributed by atoms with Crippen molar-refractivity contribution in [1.82, 2.24) is 5.32 Å². The summed E-state index contributed by atoms with van der Waals surface area (Å²) in [6.07, 6.45) is 6.60. The summed E-state index contributed by atoms with van der Waals surface area (Å²) in [4.78, 5) is 2.18. The molecule has 1 aromatic rings. The number of nitrogens with one attached hydrogen (secondary N) is 1. The molecular weight excluding hydrogens is 258 g/mol. The Labute approximate surface area is 119 Å². The van der Waals surface area contributed by atoms with Crippen LogP contribution in [0.15, 0.2) is 18.2 Å². The first-order valence-corrected chi connectivity index (χ1v) is 7.67. The molecule has 0 radical (unpaired) electrons. The Kier molecular flexibility index (Phi) is 4.20. The van der Waals surface area contributed by atoms with Gasteiger partial charge in [-0.3, -0.25) is 0 Å². The van der Waals surface area contributed by atoms with Crippen LogP contribution in [-0.4, -0.2) is 25.7 Å². The van der Waals surface area contributed by atoms with E-state index in [0.29, 0.717) is 6.04 Å². The Balaban J connectivity index is 1.69. The number of hydrogen-bond acceptors (Lipinski definition) is 2. The zero-order valence-corrected chi connectivity index (χ0v) is 11.7. The summed E-state index contributed by atoms with van der Waals surface area (Å²) in [6, 6.07) is 4.71. The van der Waals surface area contributed by atoms with Gasteiger partial charge in [-0.15, -0.1) is 0 Å². The summed E-state index contributed by atoms with van der Waals surface area (Å²) in [6.45, 7) is 2.67. The van der Waals surface area contributed by atoms with E-state index < -0.39 is 11.6 Å². The van der Waals surface area contributed by atoms with Crippen molar-refractivity contribution in [1.29, 1.82) is 0 Å². The van der Waals surface area contributed by atoms with E-state index in [1.807, 2.05) is 0 Å². The molecule has 110 valence electrons. The molecule has 1 aliphatic carbocycles. The van der Waals surface area contributed by atoms with E-state index in [-0.39, 0.29) is 0 Å². The van der Waals surface area contributed by atoms with Gasteiger partial charge in [-0.1, -0.05) is 19.3 Å². The van der Waals surface area contributed by atoms with Gasteiger partial charge in [-0.05, 0) is 30.9 Å².